The van der Waals surface area contributed by atoms with Gasteiger partial charge >= 0.3 is 0 Å². The first-order valence-corrected chi connectivity index (χ1v) is 2.88. The summed E-state index contributed by atoms with van der Waals surface area (Å²) in [6.45, 7) is 0. The summed E-state index contributed by atoms with van der Waals surface area (Å²) >= 11 is 0. The topological polar surface area (TPSA) is 32.8 Å². The van der Waals surface area contributed by atoms with Crippen molar-refractivity contribution >= 4 is 0 Å². The summed E-state index contributed by atoms with van der Waals surface area (Å²) in [6.07, 6.45) is 4.96. The van der Waals surface area contributed by atoms with E-state index in [4.69, 9.17) is 9.84 Å². The fourth-order valence-electron chi connectivity index (χ4n) is 1.07. The Labute approximate surface area is 47.8 Å². The summed E-state index contributed by atoms with van der Waals surface area (Å²) in [5.74, 6) is 0. The van der Waals surface area contributed by atoms with Crippen LogP contribution in [0.3, 0.4) is 0 Å². The fraction of sp³-hybridized carbons (Fsp3) is 0.667. The van der Waals surface area contributed by atoms with Crippen LogP contribution in [0.1, 0.15) is 6.42 Å². The summed E-state index contributed by atoms with van der Waals surface area (Å²) in [7, 11) is 0. The van der Waals surface area contributed by atoms with Gasteiger partial charge in [0, 0.05) is 6.42 Å². The number of rotatable bonds is 0. The minimum Gasteiger partial charge on any atom is -0.389 e. The first kappa shape index (κ1) is 4.53. The Balaban J connectivity index is 2.11. The van der Waals surface area contributed by atoms with Crippen molar-refractivity contribution in [3.63, 3.8) is 0 Å². The van der Waals surface area contributed by atoms with E-state index in [2.05, 4.69) is 0 Å². The third-order valence-electron chi connectivity index (χ3n) is 1.62. The highest BCUT2D eigenvalue weighted by Gasteiger charge is 2.40. The van der Waals surface area contributed by atoms with Gasteiger partial charge in [0.25, 0.3) is 0 Å². The van der Waals surface area contributed by atoms with Crippen LogP contribution in [0.25, 0.3) is 0 Å². The van der Waals surface area contributed by atoms with Crippen LogP contribution in [0.15, 0.2) is 12.2 Å². The predicted octanol–water partition coefficient (Wildman–Crippen LogP) is 0.0746. The molecule has 0 spiro atoms. The second kappa shape index (κ2) is 1.33. The van der Waals surface area contributed by atoms with Crippen LogP contribution >= 0.6 is 0 Å². The standard InChI is InChI=1S/C6H8O2/c7-4-1-2-5-6(3-4)8-5/h1-2,4-7H,3H2. The van der Waals surface area contributed by atoms with E-state index >= 15 is 0 Å². The van der Waals surface area contributed by atoms with Crippen molar-refractivity contribution in [2.24, 2.45) is 0 Å². The van der Waals surface area contributed by atoms with Crippen LogP contribution in [-0.4, -0.2) is 23.4 Å². The molecule has 0 aromatic carbocycles. The Morgan fingerprint density at radius 1 is 1.50 bits per heavy atom. The molecule has 2 rings (SSSR count). The van der Waals surface area contributed by atoms with Gasteiger partial charge in [-0.2, -0.15) is 0 Å². The molecule has 0 aromatic heterocycles. The third kappa shape index (κ3) is 0.572. The molecule has 0 aromatic rings. The molecule has 1 aliphatic heterocycles. The number of hydrogen-bond acceptors (Lipinski definition) is 2. The lowest BCUT2D eigenvalue weighted by molar-refractivity contribution is 0.197. The minimum atomic E-state index is -0.251. The van der Waals surface area contributed by atoms with Crippen LogP contribution in [0.5, 0.6) is 0 Å². The van der Waals surface area contributed by atoms with Gasteiger partial charge in [0.1, 0.15) is 6.10 Å². The first-order chi connectivity index (χ1) is 3.86. The second-order valence-electron chi connectivity index (χ2n) is 2.33. The van der Waals surface area contributed by atoms with Gasteiger partial charge in [0.05, 0.1) is 12.2 Å². The number of fused-ring (bicyclic) bond motifs is 1. The monoisotopic (exact) mass is 112 g/mol. The van der Waals surface area contributed by atoms with E-state index in [0.29, 0.717) is 12.2 Å². The van der Waals surface area contributed by atoms with Crippen molar-refractivity contribution in [2.75, 3.05) is 0 Å². The molecule has 3 atom stereocenters. The maximum absolute atomic E-state index is 8.94. The summed E-state index contributed by atoms with van der Waals surface area (Å²) < 4.78 is 5.10. The molecule has 1 fully saturated rings. The summed E-state index contributed by atoms with van der Waals surface area (Å²) in [5, 5.41) is 8.94. The number of epoxide rings is 1. The molecule has 1 aliphatic carbocycles. The maximum Gasteiger partial charge on any atom is 0.102 e. The third-order valence-corrected chi connectivity index (χ3v) is 1.62. The van der Waals surface area contributed by atoms with E-state index in [1.54, 1.807) is 6.08 Å². The Morgan fingerprint density at radius 2 is 2.38 bits per heavy atom. The average Bonchev–Trinajstić information content (AvgIpc) is 2.43. The van der Waals surface area contributed by atoms with Crippen molar-refractivity contribution in [3.8, 4) is 0 Å². The van der Waals surface area contributed by atoms with E-state index < -0.39 is 0 Å². The minimum absolute atomic E-state index is 0.251. The van der Waals surface area contributed by atoms with Gasteiger partial charge < -0.3 is 9.84 Å². The molecule has 2 heteroatoms. The molecular weight excluding hydrogens is 104 g/mol. The van der Waals surface area contributed by atoms with Crippen LogP contribution < -0.4 is 0 Å². The van der Waals surface area contributed by atoms with E-state index in [-0.39, 0.29) is 6.10 Å². The smallest absolute Gasteiger partial charge is 0.102 e. The Morgan fingerprint density at radius 3 is 3.00 bits per heavy atom. The molecule has 0 radical (unpaired) electrons. The molecule has 2 aliphatic rings. The zero-order chi connectivity index (χ0) is 5.56. The Bertz CT molecular complexity index is 130. The van der Waals surface area contributed by atoms with Gasteiger partial charge in [0.15, 0.2) is 0 Å². The molecule has 44 valence electrons. The average molecular weight is 112 g/mol. The molecule has 2 nitrogen and oxygen atoms in total. The summed E-state index contributed by atoms with van der Waals surface area (Å²) in [5.41, 5.74) is 0. The molecule has 1 N–H and O–H groups in total. The Hall–Kier alpha value is -0.340. The molecular formula is C6H8O2. The second-order valence-corrected chi connectivity index (χ2v) is 2.33. The number of ether oxygens (including phenoxy) is 1. The maximum atomic E-state index is 8.94. The fourth-order valence-corrected chi connectivity index (χ4v) is 1.07. The van der Waals surface area contributed by atoms with E-state index in [1.165, 1.54) is 0 Å². The van der Waals surface area contributed by atoms with Crippen molar-refractivity contribution in [1.29, 1.82) is 0 Å². The predicted molar refractivity (Wildman–Crippen MR) is 28.4 cm³/mol. The van der Waals surface area contributed by atoms with Crippen molar-refractivity contribution < 1.29 is 9.84 Å². The van der Waals surface area contributed by atoms with E-state index in [9.17, 15) is 0 Å². The zero-order valence-electron chi connectivity index (χ0n) is 4.45. The molecule has 0 saturated carbocycles. The van der Waals surface area contributed by atoms with Gasteiger partial charge in [-0.1, -0.05) is 12.2 Å². The first-order valence-electron chi connectivity index (χ1n) is 2.88. The van der Waals surface area contributed by atoms with Gasteiger partial charge in [-0.15, -0.1) is 0 Å². The molecule has 1 saturated heterocycles. The number of aliphatic hydroxyl groups excluding tert-OH is 1. The quantitative estimate of drug-likeness (QED) is 0.355. The number of hydrogen-bond donors (Lipinski definition) is 1. The molecule has 1 heterocycles. The normalized spacial score (nSPS) is 50.9. The van der Waals surface area contributed by atoms with Crippen LogP contribution in [0.4, 0.5) is 0 Å². The SMILES string of the molecule is OC1C=CC2OC2C1. The summed E-state index contributed by atoms with van der Waals surface area (Å²) in [4.78, 5) is 0. The van der Waals surface area contributed by atoms with Crippen molar-refractivity contribution in [1.82, 2.24) is 0 Å². The lowest BCUT2D eigenvalue weighted by Crippen LogP contribution is -2.11. The highest BCUT2D eigenvalue weighted by atomic mass is 16.6. The van der Waals surface area contributed by atoms with Gasteiger partial charge in [-0.3, -0.25) is 0 Å². The highest BCUT2D eigenvalue weighted by Crippen LogP contribution is 2.31. The van der Waals surface area contributed by atoms with E-state index in [1.807, 2.05) is 6.08 Å². The van der Waals surface area contributed by atoms with Gasteiger partial charge in [0.2, 0.25) is 0 Å². The Kier molecular flexibility index (Phi) is 0.754. The molecule has 0 bridgehead atoms. The largest absolute Gasteiger partial charge is 0.389 e. The summed E-state index contributed by atoms with van der Waals surface area (Å²) in [6, 6.07) is 0. The zero-order valence-corrected chi connectivity index (χ0v) is 4.45. The number of aliphatic hydroxyl groups is 1. The molecule has 0 amide bonds. The highest BCUT2D eigenvalue weighted by molar-refractivity contribution is 5.11. The van der Waals surface area contributed by atoms with Gasteiger partial charge in [-0.05, 0) is 0 Å². The van der Waals surface area contributed by atoms with Crippen molar-refractivity contribution in [2.45, 2.75) is 24.7 Å². The van der Waals surface area contributed by atoms with Crippen molar-refractivity contribution in [3.05, 3.63) is 12.2 Å². The lowest BCUT2D eigenvalue weighted by Gasteiger charge is -2.03. The lowest BCUT2D eigenvalue weighted by atomic mass is 10.1. The van der Waals surface area contributed by atoms with Crippen LogP contribution in [0, 0.1) is 0 Å². The van der Waals surface area contributed by atoms with Crippen LogP contribution in [0.2, 0.25) is 0 Å². The van der Waals surface area contributed by atoms with E-state index in [0.717, 1.165) is 6.42 Å². The molecule has 8 heavy (non-hydrogen) atoms. The van der Waals surface area contributed by atoms with Crippen LogP contribution in [-0.2, 0) is 4.74 Å². The molecule has 3 unspecified atom stereocenters. The van der Waals surface area contributed by atoms with Gasteiger partial charge in [-0.25, -0.2) is 0 Å².